The third kappa shape index (κ3) is 5.18. The van der Waals surface area contributed by atoms with Gasteiger partial charge in [0.25, 0.3) is 0 Å². The quantitative estimate of drug-likeness (QED) is 0.483. The number of esters is 1. The lowest BCUT2D eigenvalue weighted by Gasteiger charge is -2.39. The Morgan fingerprint density at radius 2 is 1.85 bits per heavy atom. The van der Waals surface area contributed by atoms with E-state index in [1.807, 2.05) is 48.5 Å². The zero-order chi connectivity index (χ0) is 23.3. The summed E-state index contributed by atoms with van der Waals surface area (Å²) in [5, 5.41) is 9.28. The summed E-state index contributed by atoms with van der Waals surface area (Å²) in [5.41, 5.74) is 9.01. The molecule has 1 aromatic heterocycles. The number of hydrogen-bond acceptors (Lipinski definition) is 6. The second-order valence-corrected chi connectivity index (χ2v) is 8.78. The van der Waals surface area contributed by atoms with E-state index in [2.05, 4.69) is 16.3 Å². The molecule has 2 aromatic carbocycles. The van der Waals surface area contributed by atoms with Gasteiger partial charge in [0.05, 0.1) is 12.3 Å². The van der Waals surface area contributed by atoms with Crippen LogP contribution in [0.5, 0.6) is 5.88 Å². The molecule has 0 atom stereocenters. The maximum absolute atomic E-state index is 12.7. The van der Waals surface area contributed by atoms with E-state index in [1.165, 1.54) is 0 Å². The van der Waals surface area contributed by atoms with Crippen molar-refractivity contribution >= 4 is 17.6 Å². The second kappa shape index (κ2) is 10.3. The molecule has 1 aliphatic rings. The zero-order valence-electron chi connectivity index (χ0n) is 18.7. The van der Waals surface area contributed by atoms with Crippen LogP contribution in [0.25, 0.3) is 11.3 Å². The summed E-state index contributed by atoms with van der Waals surface area (Å²) in [6.45, 7) is 2.58. The zero-order valence-corrected chi connectivity index (χ0v) is 19.4. The van der Waals surface area contributed by atoms with E-state index in [1.54, 1.807) is 13.0 Å². The van der Waals surface area contributed by atoms with E-state index in [4.69, 9.17) is 26.8 Å². The number of aromatic nitrogens is 2. The minimum Gasteiger partial charge on any atom is -0.473 e. The van der Waals surface area contributed by atoms with Crippen LogP contribution in [0.4, 0.5) is 0 Å². The van der Waals surface area contributed by atoms with Gasteiger partial charge in [-0.25, -0.2) is 4.79 Å². The average molecular weight is 466 g/mol. The van der Waals surface area contributed by atoms with Gasteiger partial charge in [-0.2, -0.15) is 0 Å². The molecule has 33 heavy (non-hydrogen) atoms. The molecule has 7 heteroatoms. The summed E-state index contributed by atoms with van der Waals surface area (Å²) in [6.07, 6.45) is 3.20. The third-order valence-electron chi connectivity index (χ3n) is 6.32. The van der Waals surface area contributed by atoms with E-state index < -0.39 is 5.97 Å². The van der Waals surface area contributed by atoms with Crippen LogP contribution >= 0.6 is 11.6 Å². The number of nitrogens with two attached hydrogens (primary N) is 1. The predicted octanol–water partition coefficient (Wildman–Crippen LogP) is 5.19. The summed E-state index contributed by atoms with van der Waals surface area (Å²) < 4.78 is 11.5. The molecule has 1 heterocycles. The summed E-state index contributed by atoms with van der Waals surface area (Å²) in [4.78, 5) is 12.7. The largest absolute Gasteiger partial charge is 0.473 e. The maximum atomic E-state index is 12.7. The lowest BCUT2D eigenvalue weighted by atomic mass is 9.69. The molecule has 1 fully saturated rings. The summed E-state index contributed by atoms with van der Waals surface area (Å²) >= 11 is 6.22. The molecule has 1 aliphatic carbocycles. The fourth-order valence-electron chi connectivity index (χ4n) is 4.42. The van der Waals surface area contributed by atoms with Crippen molar-refractivity contribution in [2.45, 2.75) is 44.1 Å². The number of carbonyl (C=O) groups excluding carboxylic acids is 1. The molecule has 0 aliphatic heterocycles. The Morgan fingerprint density at radius 1 is 1.09 bits per heavy atom. The first-order valence-electron chi connectivity index (χ1n) is 11.3. The number of ether oxygens (including phenoxy) is 2. The minimum atomic E-state index is -0.467. The second-order valence-electron chi connectivity index (χ2n) is 8.35. The molecular formula is C26H28ClN3O3. The molecule has 0 saturated heterocycles. The Kier molecular flexibility index (Phi) is 7.26. The van der Waals surface area contributed by atoms with Crippen molar-refractivity contribution in [2.24, 2.45) is 5.73 Å². The van der Waals surface area contributed by atoms with Gasteiger partial charge in [-0.15, -0.1) is 10.2 Å². The van der Waals surface area contributed by atoms with Gasteiger partial charge in [-0.05, 0) is 56.4 Å². The van der Waals surface area contributed by atoms with Crippen LogP contribution in [-0.4, -0.2) is 35.4 Å². The molecule has 0 radical (unpaired) electrons. The monoisotopic (exact) mass is 465 g/mol. The van der Waals surface area contributed by atoms with Crippen molar-refractivity contribution in [1.29, 1.82) is 0 Å². The first-order valence-corrected chi connectivity index (χ1v) is 11.7. The molecule has 6 nitrogen and oxygen atoms in total. The fourth-order valence-corrected chi connectivity index (χ4v) is 4.61. The van der Waals surface area contributed by atoms with Gasteiger partial charge in [0.15, 0.2) is 0 Å². The van der Waals surface area contributed by atoms with Crippen molar-refractivity contribution in [3.8, 4) is 17.1 Å². The number of hydrogen-bond donors (Lipinski definition) is 1. The van der Waals surface area contributed by atoms with Gasteiger partial charge in [0.1, 0.15) is 11.7 Å². The highest BCUT2D eigenvalue weighted by Crippen LogP contribution is 2.40. The molecular weight excluding hydrogens is 438 g/mol. The lowest BCUT2D eigenvalue weighted by molar-refractivity contribution is 0.0510. The van der Waals surface area contributed by atoms with Gasteiger partial charge < -0.3 is 15.2 Å². The van der Waals surface area contributed by atoms with Crippen LogP contribution < -0.4 is 10.5 Å². The van der Waals surface area contributed by atoms with Gasteiger partial charge >= 0.3 is 5.97 Å². The van der Waals surface area contributed by atoms with Crippen LogP contribution in [0.3, 0.4) is 0 Å². The molecule has 0 bridgehead atoms. The Morgan fingerprint density at radius 3 is 2.52 bits per heavy atom. The average Bonchev–Trinajstić information content (AvgIpc) is 2.85. The van der Waals surface area contributed by atoms with Crippen LogP contribution in [0.2, 0.25) is 5.02 Å². The SMILES string of the molecule is CCOC(=O)c1cc(-c2ccccc2)nnc1O[C@H]1CC[C@@](CN)(c2cccc(Cl)c2)CC1. The fraction of sp³-hybridized carbons (Fsp3) is 0.346. The molecule has 172 valence electrons. The van der Waals surface area contributed by atoms with Crippen LogP contribution in [-0.2, 0) is 10.2 Å². The van der Waals surface area contributed by atoms with Crippen LogP contribution in [0.1, 0.15) is 48.5 Å². The van der Waals surface area contributed by atoms with E-state index in [9.17, 15) is 4.79 Å². The Bertz CT molecular complexity index is 1100. The van der Waals surface area contributed by atoms with E-state index >= 15 is 0 Å². The summed E-state index contributed by atoms with van der Waals surface area (Å²) in [6, 6.07) is 19.2. The predicted molar refractivity (Wildman–Crippen MR) is 128 cm³/mol. The van der Waals surface area contributed by atoms with Crippen molar-refractivity contribution < 1.29 is 14.3 Å². The van der Waals surface area contributed by atoms with E-state index in [0.29, 0.717) is 17.3 Å². The molecule has 4 rings (SSSR count). The number of nitrogens with zero attached hydrogens (tertiary/aromatic N) is 2. The van der Waals surface area contributed by atoms with Gasteiger partial charge in [0, 0.05) is 22.5 Å². The third-order valence-corrected chi connectivity index (χ3v) is 6.56. The molecule has 0 spiro atoms. The molecule has 0 unspecified atom stereocenters. The maximum Gasteiger partial charge on any atom is 0.343 e. The highest BCUT2D eigenvalue weighted by molar-refractivity contribution is 6.30. The Labute approximate surface area is 199 Å². The first-order chi connectivity index (χ1) is 16.0. The Hall–Kier alpha value is -2.96. The normalized spacial score (nSPS) is 20.3. The summed E-state index contributed by atoms with van der Waals surface area (Å²) in [5.74, 6) is -0.258. The highest BCUT2D eigenvalue weighted by Gasteiger charge is 2.37. The van der Waals surface area contributed by atoms with Crippen molar-refractivity contribution in [1.82, 2.24) is 10.2 Å². The smallest absolute Gasteiger partial charge is 0.343 e. The van der Waals surface area contributed by atoms with Crippen LogP contribution in [0.15, 0.2) is 60.7 Å². The lowest BCUT2D eigenvalue weighted by Crippen LogP contribution is -2.41. The topological polar surface area (TPSA) is 87.3 Å². The van der Waals surface area contributed by atoms with E-state index in [0.717, 1.165) is 36.8 Å². The minimum absolute atomic E-state index is 0.0890. The summed E-state index contributed by atoms with van der Waals surface area (Å²) in [7, 11) is 0. The van der Waals surface area contributed by atoms with Gasteiger partial charge in [-0.1, -0.05) is 54.1 Å². The van der Waals surface area contributed by atoms with Crippen molar-refractivity contribution in [3.63, 3.8) is 0 Å². The molecule has 2 N–H and O–H groups in total. The van der Waals surface area contributed by atoms with Gasteiger partial charge in [0.2, 0.25) is 5.88 Å². The standard InChI is InChI=1S/C26H28ClN3O3/c1-2-32-25(31)22-16-23(18-7-4-3-5-8-18)29-30-24(22)33-21-11-13-26(17-28,14-12-21)19-9-6-10-20(27)15-19/h3-10,15-16,21H,2,11-14,17,28H2,1H3/t21-,26+. The molecule has 3 aromatic rings. The van der Waals surface area contributed by atoms with E-state index in [-0.39, 0.29) is 29.6 Å². The number of rotatable bonds is 7. The van der Waals surface area contributed by atoms with Crippen LogP contribution in [0, 0.1) is 0 Å². The highest BCUT2D eigenvalue weighted by atomic mass is 35.5. The number of halogens is 1. The van der Waals surface area contributed by atoms with Crippen molar-refractivity contribution in [2.75, 3.05) is 13.2 Å². The molecule has 1 saturated carbocycles. The Balaban J connectivity index is 1.53. The molecule has 0 amide bonds. The first kappa shape index (κ1) is 23.2. The number of carbonyl (C=O) groups is 1. The van der Waals surface area contributed by atoms with Crippen molar-refractivity contribution in [3.05, 3.63) is 76.8 Å². The number of benzene rings is 2. The van der Waals surface area contributed by atoms with Gasteiger partial charge in [-0.3, -0.25) is 0 Å².